The number of fused-ring (bicyclic) bond motifs is 2. The molecule has 2 aromatic carbocycles. The van der Waals surface area contributed by atoms with E-state index in [4.69, 9.17) is 29.6 Å². The van der Waals surface area contributed by atoms with Crippen LogP contribution in [0.1, 0.15) is 26.3 Å². The molecule has 0 saturated carbocycles. The molecule has 0 fully saturated rings. The molecule has 3 nitrogen and oxygen atoms in total. The van der Waals surface area contributed by atoms with Crippen molar-refractivity contribution < 1.29 is 0 Å². The molecule has 1 atom stereocenters. The van der Waals surface area contributed by atoms with E-state index < -0.39 is 0 Å². The van der Waals surface area contributed by atoms with Crippen molar-refractivity contribution in [1.82, 2.24) is 4.90 Å². The highest BCUT2D eigenvalue weighted by molar-refractivity contribution is 7.99. The Hall–Kier alpha value is -1.27. The number of halogens is 1. The molecule has 6 heteroatoms. The van der Waals surface area contributed by atoms with Gasteiger partial charge < -0.3 is 15.5 Å². The smallest absolute Gasteiger partial charge is 0.104 e. The maximum atomic E-state index is 6.25. The zero-order chi connectivity index (χ0) is 18.8. The summed E-state index contributed by atoms with van der Waals surface area (Å²) in [6.45, 7) is 9.73. The van der Waals surface area contributed by atoms with Gasteiger partial charge in [0.1, 0.15) is 4.99 Å². The number of anilines is 2. The van der Waals surface area contributed by atoms with E-state index in [-0.39, 0.29) is 0 Å². The third kappa shape index (κ3) is 3.86. The van der Waals surface area contributed by atoms with Crippen LogP contribution in [0, 0.1) is 0 Å². The molecule has 0 radical (unpaired) electrons. The number of thiocarbonyl (C=S) groups is 1. The van der Waals surface area contributed by atoms with E-state index in [9.17, 15) is 0 Å². The van der Waals surface area contributed by atoms with Crippen molar-refractivity contribution in [3.63, 3.8) is 0 Å². The Labute approximate surface area is 170 Å². The minimum absolute atomic E-state index is 0.302. The van der Waals surface area contributed by atoms with Crippen molar-refractivity contribution in [2.75, 3.05) is 24.5 Å². The molecule has 1 aliphatic rings. The maximum absolute atomic E-state index is 6.25. The largest absolute Gasteiger partial charge is 0.389 e. The van der Waals surface area contributed by atoms with Gasteiger partial charge in [-0.15, -0.1) is 0 Å². The lowest BCUT2D eigenvalue weighted by Gasteiger charge is -2.39. The number of rotatable bonds is 6. The first-order valence-corrected chi connectivity index (χ1v) is 10.5. The Bertz CT molecular complexity index is 821. The molecule has 3 rings (SSSR count). The second-order valence-corrected chi connectivity index (χ2v) is 8.43. The maximum Gasteiger partial charge on any atom is 0.104 e. The van der Waals surface area contributed by atoms with Crippen LogP contribution in [-0.4, -0.2) is 35.6 Å². The summed E-state index contributed by atoms with van der Waals surface area (Å²) < 4.78 is 0. The van der Waals surface area contributed by atoms with E-state index >= 15 is 0 Å². The molecule has 0 aliphatic carbocycles. The minimum atomic E-state index is 0.302. The summed E-state index contributed by atoms with van der Waals surface area (Å²) in [6, 6.07) is 12.6. The summed E-state index contributed by atoms with van der Waals surface area (Å²) >= 11 is 13.2. The molecule has 0 spiro atoms. The molecule has 0 saturated heterocycles. The first-order chi connectivity index (χ1) is 12.4. The highest BCUT2D eigenvalue weighted by atomic mass is 35.5. The quantitative estimate of drug-likeness (QED) is 0.658. The van der Waals surface area contributed by atoms with Gasteiger partial charge in [-0.3, -0.25) is 0 Å². The second kappa shape index (κ2) is 8.17. The van der Waals surface area contributed by atoms with Gasteiger partial charge in [0.05, 0.1) is 11.4 Å². The average molecular weight is 406 g/mol. The normalized spacial score (nSPS) is 14.1. The molecule has 0 amide bonds. The van der Waals surface area contributed by atoms with Gasteiger partial charge in [-0.05, 0) is 50.3 Å². The Balaban J connectivity index is 2.08. The van der Waals surface area contributed by atoms with Crippen LogP contribution in [0.4, 0.5) is 11.4 Å². The van der Waals surface area contributed by atoms with Gasteiger partial charge in [-0.25, -0.2) is 0 Å². The summed E-state index contributed by atoms with van der Waals surface area (Å²) in [4.78, 5) is 7.65. The van der Waals surface area contributed by atoms with E-state index in [2.05, 4.69) is 48.8 Å². The van der Waals surface area contributed by atoms with Crippen molar-refractivity contribution in [1.29, 1.82) is 0 Å². The molecular formula is C20H24ClN3S2. The van der Waals surface area contributed by atoms with E-state index in [0.29, 0.717) is 11.0 Å². The number of hydrogen-bond donors (Lipinski definition) is 1. The Morgan fingerprint density at radius 1 is 1.15 bits per heavy atom. The van der Waals surface area contributed by atoms with E-state index in [0.717, 1.165) is 35.9 Å². The summed E-state index contributed by atoms with van der Waals surface area (Å²) in [5.74, 6) is 0. The van der Waals surface area contributed by atoms with Gasteiger partial charge in [-0.1, -0.05) is 55.5 Å². The predicted molar refractivity (Wildman–Crippen MR) is 117 cm³/mol. The van der Waals surface area contributed by atoms with Crippen LogP contribution in [0.2, 0.25) is 5.02 Å². The standard InChI is InChI=1S/C20H24ClN3S2/c1-4-23(5-2)12-13(3)24-16-8-7-15(21)11-19(16)26-18-9-6-14(20(22)25)10-17(18)24/h6-11,13H,4-5,12H2,1-3H3,(H2,22,25). The molecule has 26 heavy (non-hydrogen) atoms. The zero-order valence-corrected chi connectivity index (χ0v) is 17.7. The van der Waals surface area contributed by atoms with Crippen LogP contribution in [0.3, 0.4) is 0 Å². The molecule has 0 bridgehead atoms. The van der Waals surface area contributed by atoms with Crippen LogP contribution < -0.4 is 10.6 Å². The Morgan fingerprint density at radius 2 is 1.88 bits per heavy atom. The summed E-state index contributed by atoms with van der Waals surface area (Å²) in [5.41, 5.74) is 9.14. The SMILES string of the molecule is CCN(CC)CC(C)N1c2ccc(Cl)cc2Sc2ccc(C(N)=S)cc21. The fraction of sp³-hybridized carbons (Fsp3) is 0.350. The first kappa shape index (κ1) is 19.5. The number of hydrogen-bond acceptors (Lipinski definition) is 4. The van der Waals surface area contributed by atoms with E-state index in [1.807, 2.05) is 18.2 Å². The third-order valence-corrected chi connectivity index (χ3v) is 6.34. The first-order valence-electron chi connectivity index (χ1n) is 8.87. The lowest BCUT2D eigenvalue weighted by molar-refractivity contribution is 0.288. The van der Waals surface area contributed by atoms with Crippen LogP contribution in [0.25, 0.3) is 0 Å². The minimum Gasteiger partial charge on any atom is -0.389 e. The van der Waals surface area contributed by atoms with Crippen LogP contribution in [0.15, 0.2) is 46.2 Å². The summed E-state index contributed by atoms with van der Waals surface area (Å²) in [7, 11) is 0. The third-order valence-electron chi connectivity index (χ3n) is 4.76. The second-order valence-electron chi connectivity index (χ2n) is 6.47. The number of nitrogens with two attached hydrogens (primary N) is 1. The van der Waals surface area contributed by atoms with Crippen molar-refractivity contribution in [3.8, 4) is 0 Å². The van der Waals surface area contributed by atoms with Crippen LogP contribution in [-0.2, 0) is 0 Å². The van der Waals surface area contributed by atoms with Gasteiger partial charge in [-0.2, -0.15) is 0 Å². The van der Waals surface area contributed by atoms with Gasteiger partial charge in [0.15, 0.2) is 0 Å². The van der Waals surface area contributed by atoms with Gasteiger partial charge >= 0.3 is 0 Å². The summed E-state index contributed by atoms with van der Waals surface area (Å²) in [5, 5.41) is 0.760. The monoisotopic (exact) mass is 405 g/mol. The molecular weight excluding hydrogens is 382 g/mol. The topological polar surface area (TPSA) is 32.5 Å². The Morgan fingerprint density at radius 3 is 2.54 bits per heavy atom. The van der Waals surface area contributed by atoms with Crippen molar-refractivity contribution in [2.24, 2.45) is 5.73 Å². The fourth-order valence-corrected chi connectivity index (χ4v) is 4.83. The lowest BCUT2D eigenvalue weighted by Crippen LogP contribution is -2.41. The molecule has 2 aromatic rings. The molecule has 1 aliphatic heterocycles. The van der Waals surface area contributed by atoms with Crippen molar-refractivity contribution in [3.05, 3.63) is 47.0 Å². The zero-order valence-electron chi connectivity index (χ0n) is 15.3. The fourth-order valence-electron chi connectivity index (χ4n) is 3.37. The van der Waals surface area contributed by atoms with Crippen LogP contribution >= 0.6 is 35.6 Å². The number of benzene rings is 2. The van der Waals surface area contributed by atoms with Crippen molar-refractivity contribution in [2.45, 2.75) is 36.6 Å². The van der Waals surface area contributed by atoms with Gasteiger partial charge in [0.25, 0.3) is 0 Å². The molecule has 1 unspecified atom stereocenters. The highest BCUT2D eigenvalue weighted by Gasteiger charge is 2.28. The highest BCUT2D eigenvalue weighted by Crippen LogP contribution is 2.50. The van der Waals surface area contributed by atoms with E-state index in [1.165, 1.54) is 15.5 Å². The average Bonchev–Trinajstić information content (AvgIpc) is 2.63. The lowest BCUT2D eigenvalue weighted by atomic mass is 10.1. The van der Waals surface area contributed by atoms with Gasteiger partial charge in [0.2, 0.25) is 0 Å². The summed E-state index contributed by atoms with van der Waals surface area (Å²) in [6.07, 6.45) is 0. The van der Waals surface area contributed by atoms with E-state index in [1.54, 1.807) is 11.8 Å². The molecule has 138 valence electrons. The molecule has 1 heterocycles. The molecule has 0 aromatic heterocycles. The molecule has 2 N–H and O–H groups in total. The predicted octanol–water partition coefficient (Wildman–Crippen LogP) is 5.31. The van der Waals surface area contributed by atoms with Crippen molar-refractivity contribution >= 4 is 51.9 Å². The number of likely N-dealkylation sites (N-methyl/N-ethyl adjacent to an activating group) is 1. The van der Waals surface area contributed by atoms with Gasteiger partial charge in [0, 0.05) is 33.0 Å². The Kier molecular flexibility index (Phi) is 6.13. The number of nitrogens with zero attached hydrogens (tertiary/aromatic N) is 2. The van der Waals surface area contributed by atoms with Crippen LogP contribution in [0.5, 0.6) is 0 Å².